The fourth-order valence-electron chi connectivity index (χ4n) is 1.93. The van der Waals surface area contributed by atoms with Crippen molar-refractivity contribution in [1.82, 2.24) is 15.3 Å². The van der Waals surface area contributed by atoms with E-state index in [0.717, 1.165) is 0 Å². The van der Waals surface area contributed by atoms with Crippen LogP contribution in [0.5, 0.6) is 5.75 Å². The summed E-state index contributed by atoms with van der Waals surface area (Å²) in [5.74, 6) is -1.00. The van der Waals surface area contributed by atoms with Crippen LogP contribution in [-0.4, -0.2) is 28.2 Å². The van der Waals surface area contributed by atoms with Gasteiger partial charge < -0.3 is 15.4 Å². The second-order valence-electron chi connectivity index (χ2n) is 4.60. The van der Waals surface area contributed by atoms with Gasteiger partial charge in [-0.1, -0.05) is 11.6 Å². The number of hydrogen-bond donors (Lipinski definition) is 2. The van der Waals surface area contributed by atoms with Crippen molar-refractivity contribution in [2.75, 3.05) is 18.5 Å². The summed E-state index contributed by atoms with van der Waals surface area (Å²) >= 11 is 10.9. The van der Waals surface area contributed by atoms with Gasteiger partial charge in [0.15, 0.2) is 27.7 Å². The van der Waals surface area contributed by atoms with E-state index in [1.165, 1.54) is 24.5 Å². The van der Waals surface area contributed by atoms with Gasteiger partial charge >= 0.3 is 0 Å². The van der Waals surface area contributed by atoms with Crippen molar-refractivity contribution in [2.24, 2.45) is 0 Å². The maximum atomic E-state index is 14.2. The molecular formula is C15H15ClF2N4OS. The third-order valence-corrected chi connectivity index (χ3v) is 3.52. The zero-order chi connectivity index (χ0) is 17.5. The second kappa shape index (κ2) is 8.70. The molecule has 1 aromatic heterocycles. The van der Waals surface area contributed by atoms with Crippen molar-refractivity contribution in [1.29, 1.82) is 0 Å². The third kappa shape index (κ3) is 4.72. The molecule has 0 aliphatic heterocycles. The number of nitrogens with zero attached hydrogens (tertiary/aromatic N) is 2. The number of anilines is 1. The quantitative estimate of drug-likeness (QED) is 0.758. The summed E-state index contributed by atoms with van der Waals surface area (Å²) < 4.78 is 33.1. The van der Waals surface area contributed by atoms with E-state index in [9.17, 15) is 8.78 Å². The minimum absolute atomic E-state index is 0.0287. The average Bonchev–Trinajstić information content (AvgIpc) is 2.55. The molecule has 0 aliphatic carbocycles. The van der Waals surface area contributed by atoms with Crippen molar-refractivity contribution in [2.45, 2.75) is 13.3 Å². The van der Waals surface area contributed by atoms with Gasteiger partial charge in [-0.05, 0) is 37.7 Å². The summed E-state index contributed by atoms with van der Waals surface area (Å²) in [7, 11) is 0. The first kappa shape index (κ1) is 18.3. The Bertz CT molecular complexity index is 733. The lowest BCUT2D eigenvalue weighted by Crippen LogP contribution is -2.31. The van der Waals surface area contributed by atoms with Gasteiger partial charge in [-0.2, -0.15) is 0 Å². The molecule has 0 fully saturated rings. The van der Waals surface area contributed by atoms with Crippen molar-refractivity contribution in [3.8, 4) is 5.75 Å². The normalized spacial score (nSPS) is 10.3. The highest BCUT2D eigenvalue weighted by molar-refractivity contribution is 7.80. The minimum Gasteiger partial charge on any atom is -0.491 e. The molecule has 0 radical (unpaired) electrons. The van der Waals surface area contributed by atoms with Gasteiger partial charge in [0.2, 0.25) is 0 Å². The largest absolute Gasteiger partial charge is 0.491 e. The van der Waals surface area contributed by atoms with Crippen molar-refractivity contribution < 1.29 is 13.5 Å². The number of aromatic nitrogens is 2. The average molecular weight is 373 g/mol. The minimum atomic E-state index is -0.700. The lowest BCUT2D eigenvalue weighted by Gasteiger charge is -2.12. The number of nitrogens with one attached hydrogen (secondary N) is 2. The molecule has 24 heavy (non-hydrogen) atoms. The van der Waals surface area contributed by atoms with Crippen LogP contribution < -0.4 is 15.4 Å². The van der Waals surface area contributed by atoms with E-state index in [-0.39, 0.29) is 34.5 Å². The number of benzene rings is 1. The third-order valence-electron chi connectivity index (χ3n) is 3.00. The molecule has 2 aromatic rings. The first-order valence-corrected chi connectivity index (χ1v) is 7.92. The Morgan fingerprint density at radius 1 is 1.29 bits per heavy atom. The van der Waals surface area contributed by atoms with Gasteiger partial charge in [0.1, 0.15) is 5.82 Å². The molecule has 0 bridgehead atoms. The molecular weight excluding hydrogens is 358 g/mol. The van der Waals surface area contributed by atoms with Gasteiger partial charge in [-0.3, -0.25) is 0 Å². The highest BCUT2D eigenvalue weighted by Gasteiger charge is 2.14. The number of ether oxygens (including phenoxy) is 1. The monoisotopic (exact) mass is 372 g/mol. The number of rotatable bonds is 6. The van der Waals surface area contributed by atoms with E-state index < -0.39 is 11.6 Å². The van der Waals surface area contributed by atoms with Crippen LogP contribution in [0.1, 0.15) is 12.5 Å². The molecule has 9 heteroatoms. The highest BCUT2D eigenvalue weighted by atomic mass is 35.5. The summed E-state index contributed by atoms with van der Waals surface area (Å²) in [6, 6.07) is 2.45. The molecule has 0 saturated carbocycles. The summed E-state index contributed by atoms with van der Waals surface area (Å²) in [6.45, 7) is 2.24. The molecule has 2 N–H and O–H groups in total. The van der Waals surface area contributed by atoms with Crippen LogP contribution in [0, 0.1) is 11.6 Å². The Labute approximate surface area is 148 Å². The zero-order valence-electron chi connectivity index (χ0n) is 12.8. The maximum absolute atomic E-state index is 14.2. The van der Waals surface area contributed by atoms with Crippen LogP contribution in [0.25, 0.3) is 0 Å². The van der Waals surface area contributed by atoms with Gasteiger partial charge in [0.05, 0.1) is 6.61 Å². The number of thiocarbonyl (C=S) groups is 1. The maximum Gasteiger partial charge on any atom is 0.172 e. The summed E-state index contributed by atoms with van der Waals surface area (Å²) in [5, 5.41) is 5.98. The molecule has 0 saturated heterocycles. The SMILES string of the molecule is CCOc1ccc(F)c(CCNC(=S)Nc2nccnc2Cl)c1F. The van der Waals surface area contributed by atoms with Gasteiger partial charge in [0, 0.05) is 24.5 Å². The summed E-state index contributed by atoms with van der Waals surface area (Å²) in [5.41, 5.74) is -0.0613. The molecule has 0 amide bonds. The predicted octanol–water partition coefficient (Wildman–Crippen LogP) is 3.34. The molecule has 0 aliphatic rings. The van der Waals surface area contributed by atoms with E-state index in [1.807, 2.05) is 0 Å². The molecule has 0 spiro atoms. The van der Waals surface area contributed by atoms with Crippen molar-refractivity contribution in [3.63, 3.8) is 0 Å². The Morgan fingerprint density at radius 3 is 2.75 bits per heavy atom. The standard InChI is InChI=1S/C15H15ClF2N4OS/c1-2-23-11-4-3-10(17)9(12(11)18)5-6-21-15(24)22-14-13(16)19-7-8-20-14/h3-4,7-8H,2,5-6H2,1H3,(H2,20,21,22,24). The number of hydrogen-bond acceptors (Lipinski definition) is 4. The van der Waals surface area contributed by atoms with Gasteiger partial charge in [0.25, 0.3) is 0 Å². The van der Waals surface area contributed by atoms with Crippen molar-refractivity contribution in [3.05, 3.63) is 46.9 Å². The van der Waals surface area contributed by atoms with Crippen LogP contribution in [0.15, 0.2) is 24.5 Å². The van der Waals surface area contributed by atoms with Gasteiger partial charge in [-0.15, -0.1) is 0 Å². The first-order valence-electron chi connectivity index (χ1n) is 7.14. The van der Waals surface area contributed by atoms with Crippen LogP contribution in [-0.2, 0) is 6.42 Å². The second-order valence-corrected chi connectivity index (χ2v) is 5.36. The van der Waals surface area contributed by atoms with Gasteiger partial charge in [-0.25, -0.2) is 18.7 Å². The summed E-state index contributed by atoms with van der Waals surface area (Å²) in [4.78, 5) is 7.83. The molecule has 1 heterocycles. The van der Waals surface area contributed by atoms with E-state index >= 15 is 0 Å². The molecule has 5 nitrogen and oxygen atoms in total. The summed E-state index contributed by atoms with van der Waals surface area (Å²) in [6.07, 6.45) is 3.00. The Kier molecular flexibility index (Phi) is 6.62. The van der Waals surface area contributed by atoms with Crippen LogP contribution >= 0.6 is 23.8 Å². The van der Waals surface area contributed by atoms with E-state index in [2.05, 4.69) is 20.6 Å². The topological polar surface area (TPSA) is 59.1 Å². The Morgan fingerprint density at radius 2 is 2.04 bits per heavy atom. The van der Waals surface area contributed by atoms with Crippen LogP contribution in [0.4, 0.5) is 14.6 Å². The molecule has 0 atom stereocenters. The fourth-order valence-corrected chi connectivity index (χ4v) is 2.28. The first-order chi connectivity index (χ1) is 11.5. The Hall–Kier alpha value is -2.06. The predicted molar refractivity (Wildman–Crippen MR) is 92.5 cm³/mol. The van der Waals surface area contributed by atoms with E-state index in [0.29, 0.717) is 12.4 Å². The fraction of sp³-hybridized carbons (Fsp3) is 0.267. The van der Waals surface area contributed by atoms with E-state index in [1.54, 1.807) is 6.92 Å². The lowest BCUT2D eigenvalue weighted by molar-refractivity contribution is 0.318. The molecule has 128 valence electrons. The lowest BCUT2D eigenvalue weighted by atomic mass is 10.1. The van der Waals surface area contributed by atoms with Crippen molar-refractivity contribution >= 4 is 34.7 Å². The Balaban J connectivity index is 1.93. The molecule has 1 aromatic carbocycles. The van der Waals surface area contributed by atoms with Crippen LogP contribution in [0.2, 0.25) is 5.15 Å². The highest BCUT2D eigenvalue weighted by Crippen LogP contribution is 2.23. The molecule has 2 rings (SSSR count). The van der Waals surface area contributed by atoms with Crippen LogP contribution in [0.3, 0.4) is 0 Å². The molecule has 0 unspecified atom stereocenters. The smallest absolute Gasteiger partial charge is 0.172 e. The number of halogens is 3. The van der Waals surface area contributed by atoms with E-state index in [4.69, 9.17) is 28.6 Å². The zero-order valence-corrected chi connectivity index (χ0v) is 14.3.